The second kappa shape index (κ2) is 2.36. The van der Waals surface area contributed by atoms with Crippen molar-refractivity contribution < 1.29 is 8.42 Å². The van der Waals surface area contributed by atoms with Gasteiger partial charge in [0.15, 0.2) is 0 Å². The van der Waals surface area contributed by atoms with Crippen LogP contribution >= 0.6 is 10.7 Å². The van der Waals surface area contributed by atoms with Gasteiger partial charge >= 0.3 is 0 Å². The van der Waals surface area contributed by atoms with Crippen LogP contribution in [-0.2, 0) is 9.05 Å². The molecular formula is C7H11ClO2S. The van der Waals surface area contributed by atoms with Crippen molar-refractivity contribution in [3.8, 4) is 0 Å². The summed E-state index contributed by atoms with van der Waals surface area (Å²) in [7, 11) is 2.01. The lowest BCUT2D eigenvalue weighted by atomic mass is 9.77. The van der Waals surface area contributed by atoms with E-state index in [1.807, 2.05) is 0 Å². The average molecular weight is 195 g/mol. The van der Waals surface area contributed by atoms with Crippen molar-refractivity contribution in [3.63, 3.8) is 0 Å². The highest BCUT2D eigenvalue weighted by molar-refractivity contribution is 8.14. The summed E-state index contributed by atoms with van der Waals surface area (Å²) in [5.74, 6) is 1.35. The molecule has 11 heavy (non-hydrogen) atoms. The molecule has 0 aromatic carbocycles. The first-order valence-corrected chi connectivity index (χ1v) is 6.38. The van der Waals surface area contributed by atoms with Crippen molar-refractivity contribution in [1.82, 2.24) is 0 Å². The van der Waals surface area contributed by atoms with Crippen LogP contribution in [-0.4, -0.2) is 13.7 Å². The topological polar surface area (TPSA) is 34.1 Å². The molecule has 64 valence electrons. The molecule has 0 radical (unpaired) electrons. The molecule has 2 nitrogen and oxygen atoms in total. The molecule has 0 bridgehead atoms. The van der Waals surface area contributed by atoms with Crippen LogP contribution in [0.4, 0.5) is 0 Å². The minimum Gasteiger partial charge on any atom is -0.212 e. The van der Waals surface area contributed by atoms with E-state index in [4.69, 9.17) is 10.7 Å². The molecule has 0 saturated heterocycles. The molecule has 4 heteroatoms. The minimum absolute atomic E-state index is 0.235. The summed E-state index contributed by atoms with van der Waals surface area (Å²) in [6.45, 7) is 0. The van der Waals surface area contributed by atoms with Crippen molar-refractivity contribution in [2.45, 2.75) is 30.9 Å². The van der Waals surface area contributed by atoms with E-state index in [2.05, 4.69) is 0 Å². The quantitative estimate of drug-likeness (QED) is 0.596. The maximum absolute atomic E-state index is 10.9. The molecule has 0 heterocycles. The highest BCUT2D eigenvalue weighted by Crippen LogP contribution is 2.49. The second-order valence-corrected chi connectivity index (χ2v) is 6.57. The number of fused-ring (bicyclic) bond motifs is 1. The third-order valence-electron chi connectivity index (χ3n) is 3.10. The summed E-state index contributed by atoms with van der Waals surface area (Å²) in [5.41, 5.74) is 0. The van der Waals surface area contributed by atoms with E-state index in [1.165, 1.54) is 12.8 Å². The Morgan fingerprint density at radius 3 is 1.82 bits per heavy atom. The number of hydrogen-bond donors (Lipinski definition) is 0. The molecule has 2 aliphatic carbocycles. The van der Waals surface area contributed by atoms with Crippen LogP contribution in [0, 0.1) is 11.8 Å². The first-order valence-electron chi connectivity index (χ1n) is 4.01. The zero-order valence-electron chi connectivity index (χ0n) is 6.16. The maximum Gasteiger partial charge on any atom is 0.235 e. The van der Waals surface area contributed by atoms with Crippen molar-refractivity contribution in [2.24, 2.45) is 11.8 Å². The fraction of sp³-hybridized carbons (Fsp3) is 1.00. The Hall–Kier alpha value is 0.240. The van der Waals surface area contributed by atoms with E-state index in [9.17, 15) is 8.42 Å². The standard InChI is InChI=1S/C7H11ClO2S/c8-11(9,10)7-3-5-1-2-6(5)4-7/h5-7H,1-4H2. The zero-order chi connectivity index (χ0) is 8.06. The van der Waals surface area contributed by atoms with E-state index in [1.54, 1.807) is 0 Å². The summed E-state index contributed by atoms with van der Waals surface area (Å²) in [6.07, 6.45) is 4.06. The molecule has 2 fully saturated rings. The Morgan fingerprint density at radius 1 is 1.09 bits per heavy atom. The smallest absolute Gasteiger partial charge is 0.212 e. The third-order valence-corrected chi connectivity index (χ3v) is 5.04. The predicted molar refractivity (Wildman–Crippen MR) is 44.0 cm³/mol. The first-order chi connectivity index (χ1) is 5.07. The Kier molecular flexibility index (Phi) is 1.69. The molecule has 0 aromatic rings. The zero-order valence-corrected chi connectivity index (χ0v) is 7.74. The minimum atomic E-state index is -3.26. The summed E-state index contributed by atoms with van der Waals surface area (Å²) in [6, 6.07) is 0. The molecule has 2 saturated carbocycles. The lowest BCUT2D eigenvalue weighted by Crippen LogP contribution is -2.18. The van der Waals surface area contributed by atoms with Crippen LogP contribution in [0.2, 0.25) is 0 Å². The molecule has 0 spiro atoms. The average Bonchev–Trinajstić information content (AvgIpc) is 2.06. The van der Waals surface area contributed by atoms with Crippen molar-refractivity contribution >= 4 is 19.7 Å². The molecule has 0 aromatic heterocycles. The van der Waals surface area contributed by atoms with Gasteiger partial charge in [0.2, 0.25) is 9.05 Å². The van der Waals surface area contributed by atoms with Crippen LogP contribution in [0.15, 0.2) is 0 Å². The fourth-order valence-corrected chi connectivity index (χ4v) is 3.65. The summed E-state index contributed by atoms with van der Waals surface area (Å²) < 4.78 is 21.8. The molecule has 0 N–H and O–H groups in total. The molecule has 0 amide bonds. The Bertz CT molecular complexity index is 248. The van der Waals surface area contributed by atoms with E-state index < -0.39 is 9.05 Å². The lowest BCUT2D eigenvalue weighted by molar-refractivity contribution is 0.219. The van der Waals surface area contributed by atoms with Crippen LogP contribution in [0.25, 0.3) is 0 Å². The predicted octanol–water partition coefficient (Wildman–Crippen LogP) is 1.74. The van der Waals surface area contributed by atoms with Gasteiger partial charge in [0.05, 0.1) is 5.25 Å². The van der Waals surface area contributed by atoms with Gasteiger partial charge < -0.3 is 0 Å². The molecular weight excluding hydrogens is 184 g/mol. The van der Waals surface area contributed by atoms with Gasteiger partial charge in [-0.1, -0.05) is 0 Å². The number of rotatable bonds is 1. The van der Waals surface area contributed by atoms with E-state index in [0.29, 0.717) is 11.8 Å². The maximum atomic E-state index is 10.9. The summed E-state index contributed by atoms with van der Waals surface area (Å²) in [5, 5.41) is -0.235. The van der Waals surface area contributed by atoms with Crippen LogP contribution < -0.4 is 0 Å². The van der Waals surface area contributed by atoms with Crippen LogP contribution in [0.1, 0.15) is 25.7 Å². The van der Waals surface area contributed by atoms with Gasteiger partial charge in [-0.3, -0.25) is 0 Å². The summed E-state index contributed by atoms with van der Waals surface area (Å²) in [4.78, 5) is 0. The molecule has 0 aliphatic heterocycles. The second-order valence-electron chi connectivity index (χ2n) is 3.67. The van der Waals surface area contributed by atoms with Gasteiger partial charge in [-0.05, 0) is 37.5 Å². The Balaban J connectivity index is 2.10. The van der Waals surface area contributed by atoms with E-state index >= 15 is 0 Å². The van der Waals surface area contributed by atoms with Crippen molar-refractivity contribution in [2.75, 3.05) is 0 Å². The lowest BCUT2D eigenvalue weighted by Gasteiger charge is -2.29. The van der Waals surface area contributed by atoms with Crippen molar-refractivity contribution in [1.29, 1.82) is 0 Å². The Morgan fingerprint density at radius 2 is 1.55 bits per heavy atom. The largest absolute Gasteiger partial charge is 0.235 e. The number of halogens is 1. The highest BCUT2D eigenvalue weighted by atomic mass is 35.7. The molecule has 2 unspecified atom stereocenters. The molecule has 2 aliphatic rings. The Labute approximate surface area is 71.3 Å². The molecule has 2 atom stereocenters. The van der Waals surface area contributed by atoms with Gasteiger partial charge in [-0.15, -0.1) is 0 Å². The van der Waals surface area contributed by atoms with Gasteiger partial charge in [-0.2, -0.15) is 0 Å². The van der Waals surface area contributed by atoms with E-state index in [-0.39, 0.29) is 5.25 Å². The normalized spacial score (nSPS) is 43.2. The monoisotopic (exact) mass is 194 g/mol. The van der Waals surface area contributed by atoms with Gasteiger partial charge in [0.1, 0.15) is 0 Å². The third kappa shape index (κ3) is 1.29. The van der Waals surface area contributed by atoms with Crippen LogP contribution in [0.3, 0.4) is 0 Å². The highest BCUT2D eigenvalue weighted by Gasteiger charge is 2.44. The SMILES string of the molecule is O=S(=O)(Cl)C1CC2CCC2C1. The first kappa shape index (κ1) is 7.87. The van der Waals surface area contributed by atoms with Crippen LogP contribution in [0.5, 0.6) is 0 Å². The number of hydrogen-bond acceptors (Lipinski definition) is 2. The van der Waals surface area contributed by atoms with Gasteiger partial charge in [0, 0.05) is 10.7 Å². The molecule has 2 rings (SSSR count). The van der Waals surface area contributed by atoms with E-state index in [0.717, 1.165) is 12.8 Å². The van der Waals surface area contributed by atoms with Crippen molar-refractivity contribution in [3.05, 3.63) is 0 Å². The van der Waals surface area contributed by atoms with Gasteiger partial charge in [-0.25, -0.2) is 8.42 Å². The van der Waals surface area contributed by atoms with Gasteiger partial charge in [0.25, 0.3) is 0 Å². The fourth-order valence-electron chi connectivity index (χ4n) is 2.26. The summed E-state index contributed by atoms with van der Waals surface area (Å²) >= 11 is 0.